The number of likely N-dealkylation sites (N-methyl/N-ethyl adjacent to an activating group) is 1. The van der Waals surface area contributed by atoms with Crippen LogP contribution in [0.25, 0.3) is 0 Å². The van der Waals surface area contributed by atoms with E-state index in [4.69, 9.17) is 16.3 Å². The van der Waals surface area contributed by atoms with Crippen LogP contribution in [-0.2, 0) is 11.3 Å². The molecule has 0 saturated heterocycles. The first-order valence-electron chi connectivity index (χ1n) is 8.24. The van der Waals surface area contributed by atoms with E-state index in [0.717, 1.165) is 31.2 Å². The number of rotatable bonds is 8. The van der Waals surface area contributed by atoms with Crippen molar-refractivity contribution in [2.45, 2.75) is 32.9 Å². The number of hydrogen-bond donors (Lipinski definition) is 1. The van der Waals surface area contributed by atoms with Crippen molar-refractivity contribution in [2.75, 3.05) is 40.3 Å². The summed E-state index contributed by atoms with van der Waals surface area (Å²) in [5, 5.41) is 3.56. The predicted octanol–water partition coefficient (Wildman–Crippen LogP) is 3.23. The molecule has 0 aromatic heterocycles. The standard InChI is InChI=1S/C18H30ClN3O2/c1-18(2,3)24-17(23)20-10-11-22(13-12-21(4)5)14-15-6-8-16(19)9-7-15/h6-9H,10-14H2,1-5H3,(H,20,23). The monoisotopic (exact) mass is 355 g/mol. The molecule has 1 amide bonds. The van der Waals surface area contributed by atoms with Crippen molar-refractivity contribution < 1.29 is 9.53 Å². The van der Waals surface area contributed by atoms with Gasteiger partial charge in [-0.1, -0.05) is 23.7 Å². The van der Waals surface area contributed by atoms with Crippen LogP contribution in [0.2, 0.25) is 5.02 Å². The molecule has 5 nitrogen and oxygen atoms in total. The largest absolute Gasteiger partial charge is 0.444 e. The number of amides is 1. The fraction of sp³-hybridized carbons (Fsp3) is 0.611. The Hall–Kier alpha value is -1.30. The maximum atomic E-state index is 11.7. The smallest absolute Gasteiger partial charge is 0.407 e. The fourth-order valence-corrected chi connectivity index (χ4v) is 2.22. The number of carbonyl (C=O) groups is 1. The van der Waals surface area contributed by atoms with Gasteiger partial charge in [0.1, 0.15) is 5.60 Å². The van der Waals surface area contributed by atoms with Gasteiger partial charge in [-0.25, -0.2) is 4.79 Å². The molecule has 0 aliphatic heterocycles. The highest BCUT2D eigenvalue weighted by molar-refractivity contribution is 6.30. The minimum atomic E-state index is -0.474. The molecule has 0 bridgehead atoms. The Kier molecular flexibility index (Phi) is 8.53. The Labute approximate surface area is 150 Å². The summed E-state index contributed by atoms with van der Waals surface area (Å²) in [4.78, 5) is 16.2. The van der Waals surface area contributed by atoms with Crippen LogP contribution in [0.4, 0.5) is 4.79 Å². The number of benzene rings is 1. The Morgan fingerprint density at radius 3 is 2.29 bits per heavy atom. The fourth-order valence-electron chi connectivity index (χ4n) is 2.09. The summed E-state index contributed by atoms with van der Waals surface area (Å²) >= 11 is 5.94. The zero-order chi connectivity index (χ0) is 18.2. The Bertz CT molecular complexity index is 498. The molecule has 1 aromatic carbocycles. The maximum absolute atomic E-state index is 11.7. The van der Waals surface area contributed by atoms with Gasteiger partial charge >= 0.3 is 6.09 Å². The quantitative estimate of drug-likeness (QED) is 0.777. The summed E-state index contributed by atoms with van der Waals surface area (Å²) in [6.07, 6.45) is -0.374. The van der Waals surface area contributed by atoms with Crippen LogP contribution in [0.3, 0.4) is 0 Å². The van der Waals surface area contributed by atoms with Gasteiger partial charge in [0.05, 0.1) is 0 Å². The van der Waals surface area contributed by atoms with E-state index in [1.165, 1.54) is 5.56 Å². The van der Waals surface area contributed by atoms with Crippen molar-refractivity contribution >= 4 is 17.7 Å². The first kappa shape index (κ1) is 20.7. The number of carbonyl (C=O) groups excluding carboxylic acids is 1. The molecule has 1 rings (SSSR count). The highest BCUT2D eigenvalue weighted by Gasteiger charge is 2.16. The van der Waals surface area contributed by atoms with Crippen molar-refractivity contribution in [3.05, 3.63) is 34.9 Å². The van der Waals surface area contributed by atoms with Crippen LogP contribution >= 0.6 is 11.6 Å². The van der Waals surface area contributed by atoms with Crippen LogP contribution in [0.15, 0.2) is 24.3 Å². The second-order valence-corrected chi connectivity index (χ2v) is 7.57. The van der Waals surface area contributed by atoms with Crippen LogP contribution in [0.5, 0.6) is 0 Å². The average Bonchev–Trinajstić information content (AvgIpc) is 2.44. The van der Waals surface area contributed by atoms with Gasteiger partial charge in [-0.15, -0.1) is 0 Å². The van der Waals surface area contributed by atoms with Gasteiger partial charge in [-0.2, -0.15) is 0 Å². The number of nitrogens with zero attached hydrogens (tertiary/aromatic N) is 2. The molecule has 6 heteroatoms. The van der Waals surface area contributed by atoms with Gasteiger partial charge < -0.3 is 15.0 Å². The minimum absolute atomic E-state index is 0.374. The lowest BCUT2D eigenvalue weighted by atomic mass is 10.2. The third kappa shape index (κ3) is 9.75. The number of nitrogens with one attached hydrogen (secondary N) is 1. The third-order valence-electron chi connectivity index (χ3n) is 3.28. The van der Waals surface area contributed by atoms with Gasteiger partial charge in [-0.05, 0) is 52.6 Å². The van der Waals surface area contributed by atoms with Gasteiger partial charge in [-0.3, -0.25) is 4.90 Å². The second kappa shape index (κ2) is 9.87. The maximum Gasteiger partial charge on any atom is 0.407 e. The van der Waals surface area contributed by atoms with Gasteiger partial charge in [0.15, 0.2) is 0 Å². The van der Waals surface area contributed by atoms with Gasteiger partial charge in [0, 0.05) is 37.7 Å². The van der Waals surface area contributed by atoms with Crippen LogP contribution in [0, 0.1) is 0 Å². The van der Waals surface area contributed by atoms with Crippen molar-refractivity contribution in [3.8, 4) is 0 Å². The zero-order valence-electron chi connectivity index (χ0n) is 15.4. The minimum Gasteiger partial charge on any atom is -0.444 e. The van der Waals surface area contributed by atoms with E-state index in [1.807, 2.05) is 45.0 Å². The number of alkyl carbamates (subject to hydrolysis) is 1. The molecule has 24 heavy (non-hydrogen) atoms. The van der Waals surface area contributed by atoms with E-state index in [0.29, 0.717) is 6.54 Å². The molecule has 0 heterocycles. The molecule has 0 spiro atoms. The van der Waals surface area contributed by atoms with Crippen molar-refractivity contribution in [1.29, 1.82) is 0 Å². The topological polar surface area (TPSA) is 44.8 Å². The number of halogens is 1. The normalized spacial score (nSPS) is 11.8. The second-order valence-electron chi connectivity index (χ2n) is 7.13. The van der Waals surface area contributed by atoms with Crippen molar-refractivity contribution in [3.63, 3.8) is 0 Å². The summed E-state index contributed by atoms with van der Waals surface area (Å²) < 4.78 is 5.26. The highest BCUT2D eigenvalue weighted by Crippen LogP contribution is 2.11. The summed E-state index contributed by atoms with van der Waals surface area (Å²) in [5.41, 5.74) is 0.730. The van der Waals surface area contributed by atoms with E-state index in [-0.39, 0.29) is 6.09 Å². The molecule has 0 radical (unpaired) electrons. The summed E-state index contributed by atoms with van der Waals surface area (Å²) in [5.74, 6) is 0. The van der Waals surface area contributed by atoms with Crippen molar-refractivity contribution in [1.82, 2.24) is 15.1 Å². The lowest BCUT2D eigenvalue weighted by Gasteiger charge is -2.25. The first-order valence-corrected chi connectivity index (χ1v) is 8.62. The van der Waals surface area contributed by atoms with E-state index in [1.54, 1.807) is 0 Å². The summed E-state index contributed by atoms with van der Waals surface area (Å²) in [7, 11) is 4.11. The Morgan fingerprint density at radius 1 is 1.12 bits per heavy atom. The lowest BCUT2D eigenvalue weighted by molar-refractivity contribution is 0.0521. The molecule has 0 fully saturated rings. The molecule has 1 aromatic rings. The van der Waals surface area contributed by atoms with E-state index < -0.39 is 5.60 Å². The Balaban J connectivity index is 2.49. The Morgan fingerprint density at radius 2 is 1.75 bits per heavy atom. The number of hydrogen-bond acceptors (Lipinski definition) is 4. The van der Waals surface area contributed by atoms with Crippen LogP contribution in [0.1, 0.15) is 26.3 Å². The van der Waals surface area contributed by atoms with Crippen molar-refractivity contribution in [2.24, 2.45) is 0 Å². The summed E-state index contributed by atoms with van der Waals surface area (Å²) in [6.45, 7) is 9.59. The van der Waals surface area contributed by atoms with E-state index >= 15 is 0 Å². The molecule has 0 aliphatic carbocycles. The molecule has 0 unspecified atom stereocenters. The van der Waals surface area contributed by atoms with E-state index in [2.05, 4.69) is 29.2 Å². The molecular formula is C18H30ClN3O2. The molecule has 0 atom stereocenters. The van der Waals surface area contributed by atoms with Gasteiger partial charge in [0.2, 0.25) is 0 Å². The molecular weight excluding hydrogens is 326 g/mol. The molecule has 136 valence electrons. The molecule has 1 N–H and O–H groups in total. The zero-order valence-corrected chi connectivity index (χ0v) is 16.2. The summed E-state index contributed by atoms with van der Waals surface area (Å²) in [6, 6.07) is 7.87. The molecule has 0 aliphatic rings. The molecule has 0 saturated carbocycles. The van der Waals surface area contributed by atoms with Crippen LogP contribution < -0.4 is 5.32 Å². The lowest BCUT2D eigenvalue weighted by Crippen LogP contribution is -2.39. The predicted molar refractivity (Wildman–Crippen MR) is 99.5 cm³/mol. The first-order chi connectivity index (χ1) is 11.2. The van der Waals surface area contributed by atoms with Gasteiger partial charge in [0.25, 0.3) is 0 Å². The number of ether oxygens (including phenoxy) is 1. The highest BCUT2D eigenvalue weighted by atomic mass is 35.5. The SMILES string of the molecule is CN(C)CCN(CCNC(=O)OC(C)(C)C)Cc1ccc(Cl)cc1. The van der Waals surface area contributed by atoms with Crippen LogP contribution in [-0.4, -0.2) is 61.8 Å². The third-order valence-corrected chi connectivity index (χ3v) is 3.53. The average molecular weight is 356 g/mol. The van der Waals surface area contributed by atoms with E-state index in [9.17, 15) is 4.79 Å².